The second kappa shape index (κ2) is 5.34. The summed E-state index contributed by atoms with van der Waals surface area (Å²) in [4.78, 5) is 0. The van der Waals surface area contributed by atoms with Gasteiger partial charge >= 0.3 is 0 Å². The Hall–Kier alpha value is -0.0400. The molecule has 15 heavy (non-hydrogen) atoms. The van der Waals surface area contributed by atoms with E-state index in [0.29, 0.717) is 0 Å². The maximum absolute atomic E-state index is 3.95. The van der Waals surface area contributed by atoms with Gasteiger partial charge < -0.3 is 5.32 Å². The Bertz CT molecular complexity index is 190. The van der Waals surface area contributed by atoms with E-state index in [4.69, 9.17) is 0 Å². The molecular weight excluding hydrogens is 182 g/mol. The topological polar surface area (TPSA) is 12.0 Å². The van der Waals surface area contributed by atoms with Gasteiger partial charge in [0.05, 0.1) is 0 Å². The summed E-state index contributed by atoms with van der Waals surface area (Å²) in [5.74, 6) is 1.93. The van der Waals surface area contributed by atoms with Crippen molar-refractivity contribution in [3.63, 3.8) is 0 Å². The van der Waals surface area contributed by atoms with E-state index in [1.165, 1.54) is 51.4 Å². The molecule has 4 atom stereocenters. The fourth-order valence-corrected chi connectivity index (χ4v) is 3.58. The van der Waals surface area contributed by atoms with Crippen LogP contribution in [0, 0.1) is 11.8 Å². The van der Waals surface area contributed by atoms with Crippen molar-refractivity contribution in [2.45, 2.75) is 77.3 Å². The van der Waals surface area contributed by atoms with E-state index >= 15 is 0 Å². The number of hydrogen-bond donors (Lipinski definition) is 1. The van der Waals surface area contributed by atoms with Gasteiger partial charge in [0.15, 0.2) is 0 Å². The third-order valence-electron chi connectivity index (χ3n) is 4.58. The molecule has 1 heteroatoms. The SMILES string of the molecule is CCC1CCCCC1NC1CCC(C)C1. The van der Waals surface area contributed by atoms with E-state index in [9.17, 15) is 0 Å². The molecule has 2 fully saturated rings. The third kappa shape index (κ3) is 2.96. The van der Waals surface area contributed by atoms with E-state index in [1.54, 1.807) is 0 Å². The monoisotopic (exact) mass is 209 g/mol. The zero-order valence-electron chi connectivity index (χ0n) is 10.5. The molecule has 0 aromatic carbocycles. The third-order valence-corrected chi connectivity index (χ3v) is 4.58. The molecule has 0 radical (unpaired) electrons. The zero-order chi connectivity index (χ0) is 10.7. The lowest BCUT2D eigenvalue weighted by Gasteiger charge is -2.34. The maximum atomic E-state index is 3.95. The Morgan fingerprint density at radius 2 is 1.87 bits per heavy atom. The Labute approximate surface area is 95.0 Å². The van der Waals surface area contributed by atoms with Crippen LogP contribution in [0.5, 0.6) is 0 Å². The fourth-order valence-electron chi connectivity index (χ4n) is 3.58. The van der Waals surface area contributed by atoms with Gasteiger partial charge in [0, 0.05) is 12.1 Å². The highest BCUT2D eigenvalue weighted by Gasteiger charge is 2.28. The Morgan fingerprint density at radius 1 is 1.07 bits per heavy atom. The molecule has 0 heterocycles. The molecule has 2 rings (SSSR count). The predicted octanol–water partition coefficient (Wildman–Crippen LogP) is 3.73. The minimum absolute atomic E-state index is 0.845. The van der Waals surface area contributed by atoms with E-state index in [0.717, 1.165) is 23.9 Å². The molecule has 1 nitrogen and oxygen atoms in total. The fraction of sp³-hybridized carbons (Fsp3) is 1.00. The van der Waals surface area contributed by atoms with E-state index in [2.05, 4.69) is 19.2 Å². The van der Waals surface area contributed by atoms with E-state index < -0.39 is 0 Å². The highest BCUT2D eigenvalue weighted by atomic mass is 15.0. The van der Waals surface area contributed by atoms with Crippen molar-refractivity contribution in [1.29, 1.82) is 0 Å². The van der Waals surface area contributed by atoms with Gasteiger partial charge in [-0.2, -0.15) is 0 Å². The second-order valence-corrected chi connectivity index (χ2v) is 5.84. The largest absolute Gasteiger partial charge is 0.311 e. The van der Waals surface area contributed by atoms with Crippen LogP contribution in [0.1, 0.15) is 65.2 Å². The summed E-state index contributed by atoms with van der Waals surface area (Å²) in [5.41, 5.74) is 0. The van der Waals surface area contributed by atoms with Crippen molar-refractivity contribution < 1.29 is 0 Å². The number of nitrogens with one attached hydrogen (secondary N) is 1. The first-order chi connectivity index (χ1) is 7.29. The lowest BCUT2D eigenvalue weighted by atomic mass is 9.82. The van der Waals surface area contributed by atoms with Crippen molar-refractivity contribution in [2.75, 3.05) is 0 Å². The normalized spacial score (nSPS) is 42.0. The summed E-state index contributed by atoms with van der Waals surface area (Å²) in [6, 6.07) is 1.69. The van der Waals surface area contributed by atoms with Crippen LogP contribution < -0.4 is 5.32 Å². The van der Waals surface area contributed by atoms with Crippen molar-refractivity contribution in [3.05, 3.63) is 0 Å². The summed E-state index contributed by atoms with van der Waals surface area (Å²) >= 11 is 0. The summed E-state index contributed by atoms with van der Waals surface area (Å²) in [5, 5.41) is 3.95. The zero-order valence-corrected chi connectivity index (χ0v) is 10.5. The van der Waals surface area contributed by atoms with Crippen LogP contribution in [0.4, 0.5) is 0 Å². The molecule has 2 aliphatic rings. The molecule has 0 aliphatic heterocycles. The van der Waals surface area contributed by atoms with Crippen LogP contribution in [0.3, 0.4) is 0 Å². The van der Waals surface area contributed by atoms with Crippen LogP contribution in [0.2, 0.25) is 0 Å². The molecule has 2 saturated carbocycles. The highest BCUT2D eigenvalue weighted by Crippen LogP contribution is 2.30. The minimum Gasteiger partial charge on any atom is -0.311 e. The number of hydrogen-bond acceptors (Lipinski definition) is 1. The van der Waals surface area contributed by atoms with Gasteiger partial charge in [0.2, 0.25) is 0 Å². The standard InChI is InChI=1S/C14H27N/c1-3-12-6-4-5-7-14(12)15-13-9-8-11(2)10-13/h11-15H,3-10H2,1-2H3. The van der Waals surface area contributed by atoms with Crippen molar-refractivity contribution in [1.82, 2.24) is 5.32 Å². The Morgan fingerprint density at radius 3 is 2.53 bits per heavy atom. The lowest BCUT2D eigenvalue weighted by Crippen LogP contribution is -2.43. The van der Waals surface area contributed by atoms with Gasteiger partial charge in [-0.15, -0.1) is 0 Å². The van der Waals surface area contributed by atoms with Crippen LogP contribution >= 0.6 is 0 Å². The Balaban J connectivity index is 1.81. The van der Waals surface area contributed by atoms with E-state index in [1.807, 2.05) is 0 Å². The van der Waals surface area contributed by atoms with Crippen molar-refractivity contribution >= 4 is 0 Å². The molecule has 0 aromatic rings. The van der Waals surface area contributed by atoms with Gasteiger partial charge in [0.1, 0.15) is 0 Å². The molecule has 4 unspecified atom stereocenters. The van der Waals surface area contributed by atoms with Gasteiger partial charge in [-0.25, -0.2) is 0 Å². The summed E-state index contributed by atoms with van der Waals surface area (Å²) < 4.78 is 0. The second-order valence-electron chi connectivity index (χ2n) is 5.84. The maximum Gasteiger partial charge on any atom is 0.00978 e. The van der Waals surface area contributed by atoms with Gasteiger partial charge in [0.25, 0.3) is 0 Å². The van der Waals surface area contributed by atoms with Gasteiger partial charge in [-0.1, -0.05) is 33.1 Å². The lowest BCUT2D eigenvalue weighted by molar-refractivity contribution is 0.235. The quantitative estimate of drug-likeness (QED) is 0.747. The van der Waals surface area contributed by atoms with Crippen LogP contribution in [0.25, 0.3) is 0 Å². The molecule has 0 spiro atoms. The predicted molar refractivity (Wildman–Crippen MR) is 66.0 cm³/mol. The highest BCUT2D eigenvalue weighted by molar-refractivity contribution is 4.86. The first-order valence-electron chi connectivity index (χ1n) is 7.05. The van der Waals surface area contributed by atoms with Gasteiger partial charge in [-0.05, 0) is 43.9 Å². The van der Waals surface area contributed by atoms with Crippen LogP contribution in [0.15, 0.2) is 0 Å². The van der Waals surface area contributed by atoms with Crippen LogP contribution in [-0.4, -0.2) is 12.1 Å². The molecule has 1 N–H and O–H groups in total. The summed E-state index contributed by atoms with van der Waals surface area (Å²) in [6.45, 7) is 4.77. The van der Waals surface area contributed by atoms with E-state index in [-0.39, 0.29) is 0 Å². The Kier molecular flexibility index (Phi) is 4.07. The summed E-state index contributed by atoms with van der Waals surface area (Å²) in [6.07, 6.45) is 11.5. The van der Waals surface area contributed by atoms with Gasteiger partial charge in [-0.3, -0.25) is 0 Å². The molecule has 88 valence electrons. The molecule has 0 amide bonds. The van der Waals surface area contributed by atoms with Crippen LogP contribution in [-0.2, 0) is 0 Å². The molecule has 2 aliphatic carbocycles. The van der Waals surface area contributed by atoms with Crippen molar-refractivity contribution in [3.8, 4) is 0 Å². The minimum atomic E-state index is 0.845. The summed E-state index contributed by atoms with van der Waals surface area (Å²) in [7, 11) is 0. The smallest absolute Gasteiger partial charge is 0.00978 e. The average Bonchev–Trinajstić information content (AvgIpc) is 2.65. The molecular formula is C14H27N. The first-order valence-corrected chi connectivity index (χ1v) is 7.05. The molecule has 0 aromatic heterocycles. The molecule has 0 bridgehead atoms. The first kappa shape index (κ1) is 11.4. The van der Waals surface area contributed by atoms with Crippen molar-refractivity contribution in [2.24, 2.45) is 11.8 Å². The average molecular weight is 209 g/mol. The number of rotatable bonds is 3. The molecule has 0 saturated heterocycles.